The first-order valence-corrected chi connectivity index (χ1v) is 9.75. The number of aldehydes is 1. The molecule has 10 heteroatoms. The summed E-state index contributed by atoms with van der Waals surface area (Å²) in [4.78, 5) is 21.2. The number of nitrogens with two attached hydrogens (primary N) is 1. The third kappa shape index (κ3) is 5.76. The third-order valence-electron chi connectivity index (χ3n) is 3.84. The fraction of sp³-hybridized carbons (Fsp3) is 0.100. The number of thiophene rings is 1. The topological polar surface area (TPSA) is 95.7 Å². The van der Waals surface area contributed by atoms with Crippen LogP contribution >= 0.6 is 22.9 Å². The molecule has 0 fully saturated rings. The predicted octanol–water partition coefficient (Wildman–Crippen LogP) is 5.12. The largest absolute Gasteiger partial charge is 0.478 e. The van der Waals surface area contributed by atoms with Crippen LogP contribution < -0.4 is 11.2 Å². The molecule has 0 atom stereocenters. The molecule has 2 aromatic rings. The average molecular weight is 454 g/mol. The zero-order valence-electron chi connectivity index (χ0n) is 15.7. The Bertz CT molecular complexity index is 1020. The molecule has 0 saturated heterocycles. The molecule has 158 valence electrons. The van der Waals surface area contributed by atoms with Crippen LogP contribution in [0.1, 0.15) is 16.8 Å². The molecule has 0 unspecified atom stereocenters. The fourth-order valence-electron chi connectivity index (χ4n) is 2.52. The molecule has 0 saturated carbocycles. The van der Waals surface area contributed by atoms with Gasteiger partial charge in [0.2, 0.25) is 0 Å². The second kappa shape index (κ2) is 10.7. The minimum atomic E-state index is -0.930. The number of carbonyl (C=O) groups is 2. The van der Waals surface area contributed by atoms with Crippen molar-refractivity contribution in [1.29, 1.82) is 0 Å². The lowest BCUT2D eigenvalue weighted by atomic mass is 10.0. The Balaban J connectivity index is 0.000000222. The summed E-state index contributed by atoms with van der Waals surface area (Å²) in [5.41, 5.74) is 1.86. The molecule has 6 nitrogen and oxygen atoms in total. The Kier molecular flexibility index (Phi) is 8.28. The molecular weight excluding hydrogens is 436 g/mol. The van der Waals surface area contributed by atoms with E-state index in [1.165, 1.54) is 17.4 Å². The summed E-state index contributed by atoms with van der Waals surface area (Å²) in [6.45, 7) is 0. The van der Waals surface area contributed by atoms with E-state index in [0.717, 1.165) is 16.8 Å². The molecule has 3 rings (SSSR count). The Labute approximate surface area is 180 Å². The van der Waals surface area contributed by atoms with Crippen molar-refractivity contribution in [3.8, 4) is 11.1 Å². The van der Waals surface area contributed by atoms with Gasteiger partial charge in [-0.2, -0.15) is 0 Å². The number of allylic oxidation sites excluding steroid dienone is 4. The van der Waals surface area contributed by atoms with Crippen molar-refractivity contribution in [2.45, 2.75) is 6.42 Å². The van der Waals surface area contributed by atoms with Gasteiger partial charge in [0.05, 0.1) is 11.9 Å². The number of carboxylic acid groups (broad SMARTS) is 1. The molecule has 1 aliphatic heterocycles. The first-order valence-electron chi connectivity index (χ1n) is 8.49. The molecule has 0 radical (unpaired) electrons. The van der Waals surface area contributed by atoms with Crippen molar-refractivity contribution in [3.63, 3.8) is 0 Å². The number of carbonyl (C=O) groups excluding carboxylic acids is 1. The number of nitrogens with one attached hydrogen (secondary N) is 1. The van der Waals surface area contributed by atoms with Crippen LogP contribution in [0.25, 0.3) is 11.1 Å². The highest BCUT2D eigenvalue weighted by Crippen LogP contribution is 2.35. The summed E-state index contributed by atoms with van der Waals surface area (Å²) in [6, 6.07) is 7.13. The van der Waals surface area contributed by atoms with Gasteiger partial charge in [0.15, 0.2) is 5.83 Å². The highest BCUT2D eigenvalue weighted by atomic mass is 35.5. The van der Waals surface area contributed by atoms with Gasteiger partial charge in [-0.25, -0.2) is 19.4 Å². The van der Waals surface area contributed by atoms with E-state index in [1.54, 1.807) is 19.2 Å². The maximum atomic E-state index is 12.9. The SMILES string of the molecule is CNc1scc(-c2ccc(Cl)cc2)c1C(=O)O.NN1C=C(F)C=C(F)/C1=C/CC=O. The van der Waals surface area contributed by atoms with Crippen molar-refractivity contribution in [2.75, 3.05) is 12.4 Å². The number of halogens is 3. The molecule has 2 heterocycles. The standard InChI is InChI=1S/C12H10ClNO2S.C8H8F2N2O/c1-14-11-10(12(15)16)9(6-17-11)7-2-4-8(13)5-3-7;9-6-4-7(10)8(2-1-3-13)12(11)5-6/h2-6,14H,1H3,(H,15,16);2-5H,1,11H2/b;8-2-. The van der Waals surface area contributed by atoms with Gasteiger partial charge in [0, 0.05) is 35.5 Å². The van der Waals surface area contributed by atoms with E-state index in [1.807, 2.05) is 17.5 Å². The lowest BCUT2D eigenvalue weighted by molar-refractivity contribution is -0.107. The van der Waals surface area contributed by atoms with Gasteiger partial charge in [-0.05, 0) is 23.8 Å². The maximum Gasteiger partial charge on any atom is 0.339 e. The zero-order chi connectivity index (χ0) is 22.3. The summed E-state index contributed by atoms with van der Waals surface area (Å²) in [7, 11) is 1.71. The van der Waals surface area contributed by atoms with Gasteiger partial charge in [0.1, 0.15) is 22.7 Å². The van der Waals surface area contributed by atoms with Crippen molar-refractivity contribution in [1.82, 2.24) is 5.01 Å². The van der Waals surface area contributed by atoms with E-state index >= 15 is 0 Å². The lowest BCUT2D eigenvalue weighted by Gasteiger charge is -2.19. The Morgan fingerprint density at radius 1 is 1.33 bits per heavy atom. The van der Waals surface area contributed by atoms with E-state index in [-0.39, 0.29) is 12.1 Å². The van der Waals surface area contributed by atoms with E-state index in [2.05, 4.69) is 5.32 Å². The smallest absolute Gasteiger partial charge is 0.339 e. The second-order valence-electron chi connectivity index (χ2n) is 5.82. The first kappa shape index (κ1) is 23.3. The van der Waals surface area contributed by atoms with Crippen molar-refractivity contribution >= 4 is 40.2 Å². The van der Waals surface area contributed by atoms with E-state index in [4.69, 9.17) is 17.4 Å². The van der Waals surface area contributed by atoms with Crippen molar-refractivity contribution in [2.24, 2.45) is 5.84 Å². The fourth-order valence-corrected chi connectivity index (χ4v) is 3.57. The van der Waals surface area contributed by atoms with Gasteiger partial charge >= 0.3 is 5.97 Å². The number of carboxylic acids is 1. The summed E-state index contributed by atoms with van der Waals surface area (Å²) in [6.07, 6.45) is 3.56. The normalized spacial score (nSPS) is 14.4. The Morgan fingerprint density at radius 2 is 2.00 bits per heavy atom. The monoisotopic (exact) mass is 453 g/mol. The number of benzene rings is 1. The average Bonchev–Trinajstić information content (AvgIpc) is 3.13. The maximum absolute atomic E-state index is 12.9. The van der Waals surface area contributed by atoms with E-state index in [0.29, 0.717) is 33.5 Å². The van der Waals surface area contributed by atoms with Gasteiger partial charge in [-0.15, -0.1) is 11.3 Å². The summed E-state index contributed by atoms with van der Waals surface area (Å²) in [5.74, 6) is 2.77. The van der Waals surface area contributed by atoms with Crippen molar-refractivity contribution in [3.05, 3.63) is 75.9 Å². The highest BCUT2D eigenvalue weighted by Gasteiger charge is 2.18. The number of hydrazine groups is 1. The van der Waals surface area contributed by atoms with Crippen LogP contribution in [0.15, 0.2) is 65.3 Å². The quantitative estimate of drug-likeness (QED) is 0.429. The second-order valence-corrected chi connectivity index (χ2v) is 7.14. The molecule has 1 aromatic carbocycles. The van der Waals surface area contributed by atoms with Crippen LogP contribution in [-0.2, 0) is 4.79 Å². The minimum Gasteiger partial charge on any atom is -0.478 e. The summed E-state index contributed by atoms with van der Waals surface area (Å²) >= 11 is 7.19. The zero-order valence-corrected chi connectivity index (χ0v) is 17.3. The highest BCUT2D eigenvalue weighted by molar-refractivity contribution is 7.15. The Hall–Kier alpha value is -3.01. The van der Waals surface area contributed by atoms with E-state index < -0.39 is 17.6 Å². The number of hydrogen-bond donors (Lipinski definition) is 3. The van der Waals surface area contributed by atoms with Crippen LogP contribution in [0.3, 0.4) is 0 Å². The van der Waals surface area contributed by atoms with Crippen LogP contribution in [0.2, 0.25) is 5.02 Å². The Morgan fingerprint density at radius 3 is 2.53 bits per heavy atom. The van der Waals surface area contributed by atoms with Crippen LogP contribution in [0.5, 0.6) is 0 Å². The number of hydrogen-bond acceptors (Lipinski definition) is 6. The molecule has 0 bridgehead atoms. The minimum absolute atomic E-state index is 0.00602. The number of aromatic carboxylic acids is 1. The van der Waals surface area contributed by atoms with Gasteiger partial charge in [-0.1, -0.05) is 23.7 Å². The van der Waals surface area contributed by atoms with Crippen LogP contribution in [-0.4, -0.2) is 29.4 Å². The molecule has 0 spiro atoms. The van der Waals surface area contributed by atoms with Crippen LogP contribution in [0, 0.1) is 0 Å². The molecule has 30 heavy (non-hydrogen) atoms. The first-order chi connectivity index (χ1) is 14.3. The van der Waals surface area contributed by atoms with Gasteiger partial charge in [0.25, 0.3) is 0 Å². The van der Waals surface area contributed by atoms with Crippen LogP contribution in [0.4, 0.5) is 13.8 Å². The molecule has 1 aliphatic rings. The summed E-state index contributed by atoms with van der Waals surface area (Å²) < 4.78 is 25.5. The molecular formula is C20H18ClF2N3O3S. The molecule has 1 aromatic heterocycles. The predicted molar refractivity (Wildman–Crippen MR) is 114 cm³/mol. The van der Waals surface area contributed by atoms with E-state index in [9.17, 15) is 23.5 Å². The number of rotatable bonds is 5. The number of anilines is 1. The molecule has 0 amide bonds. The lowest BCUT2D eigenvalue weighted by Crippen LogP contribution is -2.26. The third-order valence-corrected chi connectivity index (χ3v) is 5.09. The summed E-state index contributed by atoms with van der Waals surface area (Å²) in [5, 5.41) is 16.0. The molecule has 0 aliphatic carbocycles. The van der Waals surface area contributed by atoms with Gasteiger partial charge < -0.3 is 15.2 Å². The molecule has 4 N–H and O–H groups in total. The van der Waals surface area contributed by atoms with Gasteiger partial charge in [-0.3, -0.25) is 5.01 Å². The van der Waals surface area contributed by atoms with Crippen molar-refractivity contribution < 1.29 is 23.5 Å². The number of nitrogens with zero attached hydrogens (tertiary/aromatic N) is 1.